The average Bonchev–Trinajstić information content (AvgIpc) is 2.72. The van der Waals surface area contributed by atoms with Gasteiger partial charge in [-0.15, -0.1) is 0 Å². The van der Waals surface area contributed by atoms with Gasteiger partial charge in [0.25, 0.3) is 0 Å². The largest absolute Gasteiger partial charge is 0.493 e. The van der Waals surface area contributed by atoms with Crippen molar-refractivity contribution in [2.45, 2.75) is 31.6 Å². The Morgan fingerprint density at radius 3 is 2.28 bits per heavy atom. The smallest absolute Gasteiger partial charge is 0.240 e. The van der Waals surface area contributed by atoms with Gasteiger partial charge in [-0.1, -0.05) is 24.6 Å². The van der Waals surface area contributed by atoms with E-state index in [1.165, 1.54) is 0 Å². The van der Waals surface area contributed by atoms with Gasteiger partial charge < -0.3 is 9.47 Å². The predicted octanol–water partition coefficient (Wildman–Crippen LogP) is 3.64. The normalized spacial score (nSPS) is 11.6. The molecule has 3 aromatic rings. The van der Waals surface area contributed by atoms with E-state index in [4.69, 9.17) is 14.5 Å². The first kappa shape index (κ1) is 21.1. The minimum Gasteiger partial charge on any atom is -0.493 e. The molecule has 0 saturated carbocycles. The van der Waals surface area contributed by atoms with Crippen molar-refractivity contribution < 1.29 is 17.9 Å². The van der Waals surface area contributed by atoms with Crippen molar-refractivity contribution in [3.05, 3.63) is 59.4 Å². The molecule has 0 fully saturated rings. The summed E-state index contributed by atoms with van der Waals surface area (Å²) in [6.45, 7) is 4.21. The van der Waals surface area contributed by atoms with Crippen LogP contribution >= 0.6 is 0 Å². The summed E-state index contributed by atoms with van der Waals surface area (Å²) < 4.78 is 38.6. The van der Waals surface area contributed by atoms with Crippen molar-refractivity contribution in [2.24, 2.45) is 0 Å². The number of aromatic nitrogens is 1. The van der Waals surface area contributed by atoms with E-state index in [2.05, 4.69) is 4.72 Å². The molecule has 0 spiro atoms. The molecule has 0 aliphatic rings. The molecule has 1 aromatic heterocycles. The number of aryl methyl sites for hydroxylation is 2. The van der Waals surface area contributed by atoms with Crippen LogP contribution < -0.4 is 14.2 Å². The third-order valence-electron chi connectivity index (χ3n) is 4.81. The maximum Gasteiger partial charge on any atom is 0.240 e. The van der Waals surface area contributed by atoms with Crippen molar-refractivity contribution in [3.63, 3.8) is 0 Å². The van der Waals surface area contributed by atoms with Crippen molar-refractivity contribution >= 4 is 20.8 Å². The van der Waals surface area contributed by atoms with Crippen LogP contribution in [0.3, 0.4) is 0 Å². The molecular weight excluding hydrogens is 388 g/mol. The topological polar surface area (TPSA) is 77.5 Å². The third-order valence-corrected chi connectivity index (χ3v) is 6.29. The highest BCUT2D eigenvalue weighted by molar-refractivity contribution is 7.89. The molecule has 1 N–H and O–H groups in total. The lowest BCUT2D eigenvalue weighted by atomic mass is 10.0. The molecule has 2 aromatic carbocycles. The third kappa shape index (κ3) is 4.68. The van der Waals surface area contributed by atoms with Gasteiger partial charge in [0.05, 0.1) is 19.1 Å². The summed E-state index contributed by atoms with van der Waals surface area (Å²) in [6, 6.07) is 12.6. The van der Waals surface area contributed by atoms with Crippen molar-refractivity contribution in [1.82, 2.24) is 9.71 Å². The van der Waals surface area contributed by atoms with Gasteiger partial charge in [0.2, 0.25) is 10.0 Å². The number of nitrogens with one attached hydrogen (secondary N) is 1. The van der Waals surface area contributed by atoms with Gasteiger partial charge in [-0.3, -0.25) is 4.98 Å². The van der Waals surface area contributed by atoms with Crippen LogP contribution in [-0.4, -0.2) is 34.2 Å². The van der Waals surface area contributed by atoms with Gasteiger partial charge in [0.1, 0.15) is 0 Å². The first-order valence-corrected chi connectivity index (χ1v) is 11.0. The molecule has 0 amide bonds. The zero-order chi connectivity index (χ0) is 21.0. The standard InChI is InChI=1S/C22H26N2O4S/c1-5-17-12-16-13-21(27-3)22(28-4)14-19(16)20(24-17)10-11-23-29(25,26)18-8-6-15(2)7-9-18/h6-9,12-14,23H,5,10-11H2,1-4H3. The Kier molecular flexibility index (Phi) is 6.39. The molecule has 0 atom stereocenters. The van der Waals surface area contributed by atoms with Crippen LogP contribution in [-0.2, 0) is 22.9 Å². The lowest BCUT2D eigenvalue weighted by Crippen LogP contribution is -2.26. The maximum atomic E-state index is 12.5. The van der Waals surface area contributed by atoms with Crippen LogP contribution in [0.25, 0.3) is 10.8 Å². The molecule has 0 radical (unpaired) electrons. The van der Waals surface area contributed by atoms with E-state index in [0.717, 1.165) is 34.1 Å². The summed E-state index contributed by atoms with van der Waals surface area (Å²) >= 11 is 0. The number of nitrogens with zero attached hydrogens (tertiary/aromatic N) is 1. The van der Waals surface area contributed by atoms with Crippen molar-refractivity contribution in [3.8, 4) is 11.5 Å². The predicted molar refractivity (Wildman–Crippen MR) is 114 cm³/mol. The average molecular weight is 415 g/mol. The van der Waals surface area contributed by atoms with E-state index < -0.39 is 10.0 Å². The Labute approximate surface area is 171 Å². The number of pyridine rings is 1. The van der Waals surface area contributed by atoms with E-state index in [0.29, 0.717) is 17.9 Å². The fraction of sp³-hybridized carbons (Fsp3) is 0.318. The van der Waals surface area contributed by atoms with Gasteiger partial charge in [0, 0.05) is 29.7 Å². The van der Waals surface area contributed by atoms with Gasteiger partial charge in [-0.25, -0.2) is 13.1 Å². The summed E-state index contributed by atoms with van der Waals surface area (Å²) in [4.78, 5) is 4.98. The second-order valence-corrected chi connectivity index (χ2v) is 8.57. The fourth-order valence-corrected chi connectivity index (χ4v) is 4.22. The Bertz CT molecular complexity index is 1110. The number of benzene rings is 2. The van der Waals surface area contributed by atoms with Crippen LogP contribution in [0.4, 0.5) is 0 Å². The molecule has 1 heterocycles. The number of hydrogen-bond donors (Lipinski definition) is 1. The SMILES string of the molecule is CCc1cc2cc(OC)c(OC)cc2c(CCNS(=O)(=O)c2ccc(C)cc2)n1. The van der Waals surface area contributed by atoms with E-state index in [1.807, 2.05) is 32.0 Å². The second kappa shape index (κ2) is 8.80. The number of sulfonamides is 1. The van der Waals surface area contributed by atoms with E-state index in [9.17, 15) is 8.42 Å². The Morgan fingerprint density at radius 1 is 1.00 bits per heavy atom. The minimum atomic E-state index is -3.56. The van der Waals surface area contributed by atoms with E-state index in [1.54, 1.807) is 38.5 Å². The second-order valence-electron chi connectivity index (χ2n) is 6.80. The molecule has 3 rings (SSSR count). The molecule has 0 bridgehead atoms. The molecule has 6 nitrogen and oxygen atoms in total. The number of fused-ring (bicyclic) bond motifs is 1. The van der Waals surface area contributed by atoms with Crippen LogP contribution in [0.5, 0.6) is 11.5 Å². The quantitative estimate of drug-likeness (QED) is 0.609. The fourth-order valence-electron chi connectivity index (χ4n) is 3.19. The van der Waals surface area contributed by atoms with Crippen molar-refractivity contribution in [2.75, 3.05) is 20.8 Å². The molecular formula is C22H26N2O4S. The summed E-state index contributed by atoms with van der Waals surface area (Å²) in [7, 11) is -0.368. The summed E-state index contributed by atoms with van der Waals surface area (Å²) in [5.74, 6) is 1.27. The first-order chi connectivity index (χ1) is 13.9. The van der Waals surface area contributed by atoms with Gasteiger partial charge >= 0.3 is 0 Å². The van der Waals surface area contributed by atoms with Crippen LogP contribution in [0, 0.1) is 6.92 Å². The zero-order valence-electron chi connectivity index (χ0n) is 17.2. The Balaban J connectivity index is 1.87. The van der Waals surface area contributed by atoms with E-state index >= 15 is 0 Å². The first-order valence-electron chi connectivity index (χ1n) is 9.48. The van der Waals surface area contributed by atoms with Gasteiger partial charge in [0.15, 0.2) is 11.5 Å². The molecule has 7 heteroatoms. The number of methoxy groups -OCH3 is 2. The van der Waals surface area contributed by atoms with Gasteiger partial charge in [-0.2, -0.15) is 0 Å². The minimum absolute atomic E-state index is 0.250. The monoisotopic (exact) mass is 414 g/mol. The Morgan fingerprint density at radius 2 is 1.66 bits per heavy atom. The maximum absolute atomic E-state index is 12.5. The lowest BCUT2D eigenvalue weighted by molar-refractivity contribution is 0.356. The highest BCUT2D eigenvalue weighted by atomic mass is 32.2. The zero-order valence-corrected chi connectivity index (χ0v) is 18.0. The van der Waals surface area contributed by atoms with E-state index in [-0.39, 0.29) is 11.4 Å². The number of ether oxygens (including phenoxy) is 2. The Hall–Kier alpha value is -2.64. The lowest BCUT2D eigenvalue weighted by Gasteiger charge is -2.13. The molecule has 0 aliphatic heterocycles. The highest BCUT2D eigenvalue weighted by Crippen LogP contribution is 2.33. The molecule has 29 heavy (non-hydrogen) atoms. The summed E-state index contributed by atoms with van der Waals surface area (Å²) in [5, 5.41) is 1.92. The van der Waals surface area contributed by atoms with Crippen LogP contribution in [0.15, 0.2) is 47.4 Å². The van der Waals surface area contributed by atoms with Crippen LogP contribution in [0.2, 0.25) is 0 Å². The highest BCUT2D eigenvalue weighted by Gasteiger charge is 2.15. The summed E-state index contributed by atoms with van der Waals surface area (Å²) in [5.41, 5.74) is 2.79. The van der Waals surface area contributed by atoms with Crippen molar-refractivity contribution in [1.29, 1.82) is 0 Å². The number of rotatable bonds is 8. The molecule has 0 saturated heterocycles. The van der Waals surface area contributed by atoms with Crippen LogP contribution in [0.1, 0.15) is 23.9 Å². The summed E-state index contributed by atoms with van der Waals surface area (Å²) in [6.07, 6.45) is 1.25. The van der Waals surface area contributed by atoms with Gasteiger partial charge in [-0.05, 0) is 49.1 Å². The number of hydrogen-bond acceptors (Lipinski definition) is 5. The molecule has 154 valence electrons. The molecule has 0 aliphatic carbocycles. The molecule has 0 unspecified atom stereocenters.